The van der Waals surface area contributed by atoms with Crippen molar-refractivity contribution in [1.29, 1.82) is 0 Å². The van der Waals surface area contributed by atoms with Crippen molar-refractivity contribution in [3.8, 4) is 0 Å². The van der Waals surface area contributed by atoms with Gasteiger partial charge in [0, 0.05) is 31.3 Å². The van der Waals surface area contributed by atoms with E-state index in [9.17, 15) is 14.7 Å². The van der Waals surface area contributed by atoms with Gasteiger partial charge >= 0.3 is 5.97 Å². The zero-order chi connectivity index (χ0) is 17.2. The van der Waals surface area contributed by atoms with Gasteiger partial charge in [0.05, 0.1) is 6.10 Å². The summed E-state index contributed by atoms with van der Waals surface area (Å²) in [6.07, 6.45) is 7.18. The average Bonchev–Trinajstić information content (AvgIpc) is 2.61. The number of amides is 1. The van der Waals surface area contributed by atoms with Crippen LogP contribution in [0.2, 0.25) is 0 Å². The van der Waals surface area contributed by atoms with Crippen LogP contribution in [0.1, 0.15) is 58.3 Å². The Morgan fingerprint density at radius 1 is 1.17 bits per heavy atom. The first kappa shape index (κ1) is 17.7. The van der Waals surface area contributed by atoms with E-state index in [0.29, 0.717) is 19.8 Å². The number of ether oxygens (including phenoxy) is 2. The molecule has 2 aliphatic carbocycles. The summed E-state index contributed by atoms with van der Waals surface area (Å²) in [7, 11) is 0. The Kier molecular flexibility index (Phi) is 5.16. The fourth-order valence-corrected chi connectivity index (χ4v) is 4.82. The number of carboxylic acids is 1. The van der Waals surface area contributed by atoms with Gasteiger partial charge in [0.25, 0.3) is 0 Å². The van der Waals surface area contributed by atoms with Gasteiger partial charge in [-0.2, -0.15) is 0 Å². The predicted molar refractivity (Wildman–Crippen MR) is 87.6 cm³/mol. The molecule has 1 aliphatic heterocycles. The first-order chi connectivity index (χ1) is 11.5. The molecule has 2 atom stereocenters. The van der Waals surface area contributed by atoms with E-state index >= 15 is 0 Å². The molecule has 0 aromatic rings. The first-order valence-corrected chi connectivity index (χ1v) is 9.29. The zero-order valence-electron chi connectivity index (χ0n) is 14.5. The largest absolute Gasteiger partial charge is 0.480 e. The maximum atomic E-state index is 12.9. The van der Waals surface area contributed by atoms with Gasteiger partial charge < -0.3 is 19.9 Å². The number of aliphatic carboxylic acids is 1. The molecule has 136 valence electrons. The van der Waals surface area contributed by atoms with Crippen molar-refractivity contribution in [2.24, 2.45) is 10.8 Å². The Morgan fingerprint density at radius 2 is 1.83 bits per heavy atom. The van der Waals surface area contributed by atoms with Crippen molar-refractivity contribution >= 4 is 11.9 Å². The summed E-state index contributed by atoms with van der Waals surface area (Å²) in [5, 5.41) is 12.8. The van der Waals surface area contributed by atoms with Crippen LogP contribution >= 0.6 is 0 Å². The molecule has 1 spiro atoms. The highest BCUT2D eigenvalue weighted by atomic mass is 16.5. The van der Waals surface area contributed by atoms with E-state index in [0.717, 1.165) is 32.1 Å². The third kappa shape index (κ3) is 2.84. The van der Waals surface area contributed by atoms with Crippen LogP contribution < -0.4 is 5.32 Å². The molecular weight excluding hydrogens is 310 g/mol. The zero-order valence-corrected chi connectivity index (χ0v) is 14.5. The molecule has 0 bridgehead atoms. The summed E-state index contributed by atoms with van der Waals surface area (Å²) >= 11 is 0. The van der Waals surface area contributed by atoms with Gasteiger partial charge in [-0.1, -0.05) is 19.3 Å². The van der Waals surface area contributed by atoms with Gasteiger partial charge in [-0.05, 0) is 39.0 Å². The van der Waals surface area contributed by atoms with Crippen LogP contribution in [0.3, 0.4) is 0 Å². The van der Waals surface area contributed by atoms with Gasteiger partial charge in [0.1, 0.15) is 0 Å². The highest BCUT2D eigenvalue weighted by Gasteiger charge is 2.58. The second-order valence-corrected chi connectivity index (χ2v) is 7.50. The smallest absolute Gasteiger partial charge is 0.319 e. The number of carbonyl (C=O) groups is 2. The number of carbonyl (C=O) groups excluding carboxylic acids is 1. The highest BCUT2D eigenvalue weighted by molar-refractivity contribution is 6.02. The molecule has 6 nitrogen and oxygen atoms in total. The molecule has 3 fully saturated rings. The number of hydrogen-bond acceptors (Lipinski definition) is 4. The second kappa shape index (κ2) is 7.00. The van der Waals surface area contributed by atoms with Crippen LogP contribution in [-0.2, 0) is 19.1 Å². The Labute approximate surface area is 143 Å². The third-order valence-electron chi connectivity index (χ3n) is 6.43. The lowest BCUT2D eigenvalue weighted by Gasteiger charge is -2.58. The van der Waals surface area contributed by atoms with Gasteiger partial charge in [-0.25, -0.2) is 0 Å². The molecule has 1 amide bonds. The summed E-state index contributed by atoms with van der Waals surface area (Å²) in [4.78, 5) is 24.7. The minimum atomic E-state index is -1.33. The number of hydrogen-bond donors (Lipinski definition) is 2. The molecule has 1 heterocycles. The fourth-order valence-electron chi connectivity index (χ4n) is 4.82. The lowest BCUT2D eigenvalue weighted by molar-refractivity contribution is -0.171. The molecule has 2 N–H and O–H groups in total. The molecule has 1 saturated heterocycles. The van der Waals surface area contributed by atoms with Crippen LogP contribution in [0.15, 0.2) is 0 Å². The minimum Gasteiger partial charge on any atom is -0.480 e. The van der Waals surface area contributed by atoms with Crippen molar-refractivity contribution in [3.05, 3.63) is 0 Å². The van der Waals surface area contributed by atoms with Crippen molar-refractivity contribution < 1.29 is 24.2 Å². The molecule has 0 aromatic heterocycles. The highest BCUT2D eigenvalue weighted by Crippen LogP contribution is 2.53. The van der Waals surface area contributed by atoms with Crippen molar-refractivity contribution in [2.75, 3.05) is 19.8 Å². The van der Waals surface area contributed by atoms with Crippen LogP contribution in [0.4, 0.5) is 0 Å². The Bertz CT molecular complexity index is 480. The van der Waals surface area contributed by atoms with E-state index in [-0.39, 0.29) is 36.3 Å². The molecule has 3 rings (SSSR count). The number of carboxylic acid groups (broad SMARTS) is 1. The van der Waals surface area contributed by atoms with E-state index in [4.69, 9.17) is 9.47 Å². The predicted octanol–water partition coefficient (Wildman–Crippen LogP) is 2.11. The van der Waals surface area contributed by atoms with Gasteiger partial charge in [-0.15, -0.1) is 0 Å². The van der Waals surface area contributed by atoms with Crippen molar-refractivity contribution in [3.63, 3.8) is 0 Å². The SMILES string of the molecule is CCOC1CC(NC(=O)C2(C(=O)O)CCOCC2)C12CCCCC2. The van der Waals surface area contributed by atoms with Gasteiger partial charge in [0.15, 0.2) is 5.41 Å². The van der Waals surface area contributed by atoms with Crippen LogP contribution in [0.5, 0.6) is 0 Å². The van der Waals surface area contributed by atoms with Crippen LogP contribution in [0.25, 0.3) is 0 Å². The molecular formula is C18H29NO5. The monoisotopic (exact) mass is 339 g/mol. The van der Waals surface area contributed by atoms with Crippen molar-refractivity contribution in [2.45, 2.75) is 70.4 Å². The van der Waals surface area contributed by atoms with E-state index in [1.165, 1.54) is 6.42 Å². The molecule has 0 aromatic carbocycles. The fraction of sp³-hybridized carbons (Fsp3) is 0.889. The average molecular weight is 339 g/mol. The third-order valence-corrected chi connectivity index (χ3v) is 6.43. The van der Waals surface area contributed by atoms with Gasteiger partial charge in [-0.3, -0.25) is 9.59 Å². The molecule has 6 heteroatoms. The normalized spacial score (nSPS) is 31.2. The Hall–Kier alpha value is -1.14. The Morgan fingerprint density at radius 3 is 2.42 bits per heavy atom. The quantitative estimate of drug-likeness (QED) is 0.750. The standard InChI is InChI=1S/C18H29NO5/c1-2-24-14-12-13(17(14)6-4-3-5-7-17)19-15(20)18(16(21)22)8-10-23-11-9-18/h13-14H,2-12H2,1H3,(H,19,20)(H,21,22). The Balaban J connectivity index is 1.72. The van der Waals surface area contributed by atoms with E-state index < -0.39 is 11.4 Å². The summed E-state index contributed by atoms with van der Waals surface area (Å²) in [6, 6.07) is 0.0425. The molecule has 0 radical (unpaired) electrons. The van der Waals surface area contributed by atoms with E-state index in [1.54, 1.807) is 0 Å². The van der Waals surface area contributed by atoms with Gasteiger partial charge in [0.2, 0.25) is 5.91 Å². The molecule has 24 heavy (non-hydrogen) atoms. The lowest BCUT2D eigenvalue weighted by atomic mass is 9.55. The maximum Gasteiger partial charge on any atom is 0.319 e. The van der Waals surface area contributed by atoms with E-state index in [1.807, 2.05) is 6.92 Å². The summed E-state index contributed by atoms with van der Waals surface area (Å²) in [5.74, 6) is -1.36. The summed E-state index contributed by atoms with van der Waals surface area (Å²) in [6.45, 7) is 3.35. The van der Waals surface area contributed by atoms with Crippen LogP contribution in [-0.4, -0.2) is 48.9 Å². The molecule has 2 unspecified atom stereocenters. The first-order valence-electron chi connectivity index (χ1n) is 9.29. The molecule has 3 aliphatic rings. The van der Waals surface area contributed by atoms with Crippen molar-refractivity contribution in [1.82, 2.24) is 5.32 Å². The summed E-state index contributed by atoms with van der Waals surface area (Å²) in [5.41, 5.74) is -1.32. The number of nitrogens with one attached hydrogen (secondary N) is 1. The minimum absolute atomic E-state index is 0.00871. The maximum absolute atomic E-state index is 12.9. The topological polar surface area (TPSA) is 84.9 Å². The molecule has 2 saturated carbocycles. The van der Waals surface area contributed by atoms with E-state index in [2.05, 4.69) is 5.32 Å². The second-order valence-electron chi connectivity index (χ2n) is 7.50. The number of rotatable bonds is 5. The summed E-state index contributed by atoms with van der Waals surface area (Å²) < 4.78 is 11.2. The van der Waals surface area contributed by atoms with Crippen LogP contribution in [0, 0.1) is 10.8 Å². The lowest BCUT2D eigenvalue weighted by Crippen LogP contribution is -2.67.